The van der Waals surface area contributed by atoms with Crippen LogP contribution in [0.1, 0.15) is 58.2 Å². The van der Waals surface area contributed by atoms with Crippen molar-refractivity contribution in [1.82, 2.24) is 9.36 Å². The first-order valence-corrected chi connectivity index (χ1v) is 9.20. The van der Waals surface area contributed by atoms with Crippen LogP contribution in [0, 0.1) is 5.92 Å². The average molecular weight is 309 g/mol. The first kappa shape index (κ1) is 15.2. The van der Waals surface area contributed by atoms with Crippen molar-refractivity contribution in [3.63, 3.8) is 0 Å². The van der Waals surface area contributed by atoms with Crippen molar-refractivity contribution in [2.45, 2.75) is 70.9 Å². The van der Waals surface area contributed by atoms with Crippen LogP contribution in [0.25, 0.3) is 0 Å². The Morgan fingerprint density at radius 2 is 2.05 bits per heavy atom. The molecule has 1 saturated carbocycles. The van der Waals surface area contributed by atoms with E-state index in [1.807, 2.05) is 0 Å². The van der Waals surface area contributed by atoms with Crippen LogP contribution in [-0.4, -0.2) is 34.7 Å². The van der Waals surface area contributed by atoms with E-state index in [0.717, 1.165) is 30.5 Å². The molecule has 0 aromatic carbocycles. The highest BCUT2D eigenvalue weighted by Gasteiger charge is 2.29. The van der Waals surface area contributed by atoms with E-state index in [1.165, 1.54) is 38.5 Å². The minimum atomic E-state index is 0.392. The zero-order valence-electron chi connectivity index (χ0n) is 13.3. The highest BCUT2D eigenvalue weighted by atomic mass is 32.1. The minimum Gasteiger partial charge on any atom is -0.376 e. The van der Waals surface area contributed by atoms with Gasteiger partial charge in [-0.25, -0.2) is 4.98 Å². The van der Waals surface area contributed by atoms with Gasteiger partial charge in [0.25, 0.3) is 0 Å². The first-order valence-electron chi connectivity index (χ1n) is 8.43. The number of aromatic nitrogens is 2. The van der Waals surface area contributed by atoms with Gasteiger partial charge in [-0.05, 0) is 31.6 Å². The molecule has 2 aliphatic rings. The lowest BCUT2D eigenvalue weighted by Gasteiger charge is -2.30. The van der Waals surface area contributed by atoms with Crippen LogP contribution in [0.3, 0.4) is 0 Å². The summed E-state index contributed by atoms with van der Waals surface area (Å²) in [6.07, 6.45) is 9.07. The molecule has 3 rings (SSSR count). The summed E-state index contributed by atoms with van der Waals surface area (Å²) < 4.78 is 10.4. The molecule has 1 aliphatic heterocycles. The first-order chi connectivity index (χ1) is 10.2. The van der Waals surface area contributed by atoms with Gasteiger partial charge in [-0.2, -0.15) is 4.37 Å². The summed E-state index contributed by atoms with van der Waals surface area (Å²) in [6.45, 7) is 6.38. The molecule has 21 heavy (non-hydrogen) atoms. The monoisotopic (exact) mass is 309 g/mol. The third-order valence-corrected chi connectivity index (χ3v) is 5.27. The molecule has 1 saturated heterocycles. The van der Waals surface area contributed by atoms with Crippen molar-refractivity contribution in [3.8, 4) is 0 Å². The zero-order chi connectivity index (χ0) is 14.7. The van der Waals surface area contributed by atoms with Crippen LogP contribution < -0.4 is 4.90 Å². The molecule has 1 unspecified atom stereocenters. The number of nitrogens with zero attached hydrogens (tertiary/aromatic N) is 3. The van der Waals surface area contributed by atoms with Gasteiger partial charge in [-0.15, -0.1) is 0 Å². The van der Waals surface area contributed by atoms with Crippen LogP contribution in [0.4, 0.5) is 5.13 Å². The summed E-state index contributed by atoms with van der Waals surface area (Å²) in [6, 6.07) is 0.647. The van der Waals surface area contributed by atoms with Crippen LogP contribution >= 0.6 is 11.5 Å². The fourth-order valence-electron chi connectivity index (χ4n) is 3.42. The summed E-state index contributed by atoms with van der Waals surface area (Å²) in [7, 11) is 0. The predicted molar refractivity (Wildman–Crippen MR) is 87.0 cm³/mol. The Balaban J connectivity index is 1.71. The van der Waals surface area contributed by atoms with Gasteiger partial charge in [-0.1, -0.05) is 26.7 Å². The zero-order valence-corrected chi connectivity index (χ0v) is 14.1. The topological polar surface area (TPSA) is 38.2 Å². The smallest absolute Gasteiger partial charge is 0.205 e. The second-order valence-electron chi connectivity index (χ2n) is 6.82. The Morgan fingerprint density at radius 3 is 2.71 bits per heavy atom. The standard InChI is InChI=1S/C16H27N3OS/c1-12(2)10-15-17-16(21-18-15)19(13-6-3-4-7-13)11-14-8-5-9-20-14/h12-14H,3-11H2,1-2H3. The van der Waals surface area contributed by atoms with Crippen molar-refractivity contribution in [1.29, 1.82) is 0 Å². The Hall–Kier alpha value is -0.680. The van der Waals surface area contributed by atoms with E-state index >= 15 is 0 Å². The van der Waals surface area contributed by atoms with Crippen molar-refractivity contribution in [2.24, 2.45) is 5.92 Å². The van der Waals surface area contributed by atoms with E-state index < -0.39 is 0 Å². The average Bonchev–Trinajstić information content (AvgIpc) is 3.18. The van der Waals surface area contributed by atoms with E-state index in [-0.39, 0.29) is 0 Å². The van der Waals surface area contributed by atoms with E-state index in [1.54, 1.807) is 11.5 Å². The summed E-state index contributed by atoms with van der Waals surface area (Å²) in [4.78, 5) is 7.32. The maximum Gasteiger partial charge on any atom is 0.205 e. The van der Waals surface area contributed by atoms with E-state index in [9.17, 15) is 0 Å². The molecule has 0 N–H and O–H groups in total. The molecule has 2 heterocycles. The molecule has 0 bridgehead atoms. The molecule has 5 heteroatoms. The minimum absolute atomic E-state index is 0.392. The second-order valence-corrected chi connectivity index (χ2v) is 7.55. The maximum absolute atomic E-state index is 5.85. The van der Waals surface area contributed by atoms with Gasteiger partial charge < -0.3 is 9.64 Å². The molecule has 0 spiro atoms. The lowest BCUT2D eigenvalue weighted by atomic mass is 10.1. The van der Waals surface area contributed by atoms with Crippen molar-refractivity contribution in [3.05, 3.63) is 5.82 Å². The highest BCUT2D eigenvalue weighted by Crippen LogP contribution is 2.31. The lowest BCUT2D eigenvalue weighted by Crippen LogP contribution is -2.39. The van der Waals surface area contributed by atoms with Crippen molar-refractivity contribution < 1.29 is 4.74 Å². The molecular formula is C16H27N3OS. The molecule has 1 aromatic rings. The summed E-state index contributed by atoms with van der Waals surface area (Å²) in [5.74, 6) is 1.63. The SMILES string of the molecule is CC(C)Cc1nsc(N(CC2CCCO2)C2CCCC2)n1. The number of rotatable bonds is 6. The Bertz CT molecular complexity index is 436. The van der Waals surface area contributed by atoms with Crippen LogP contribution in [0.2, 0.25) is 0 Å². The fourth-order valence-corrected chi connectivity index (χ4v) is 4.19. The van der Waals surface area contributed by atoms with Gasteiger partial charge in [0.2, 0.25) is 5.13 Å². The van der Waals surface area contributed by atoms with E-state index in [4.69, 9.17) is 9.72 Å². The van der Waals surface area contributed by atoms with Gasteiger partial charge >= 0.3 is 0 Å². The van der Waals surface area contributed by atoms with Gasteiger partial charge in [0.05, 0.1) is 6.10 Å². The molecule has 1 aromatic heterocycles. The quantitative estimate of drug-likeness (QED) is 0.804. The van der Waals surface area contributed by atoms with Crippen LogP contribution in [-0.2, 0) is 11.2 Å². The largest absolute Gasteiger partial charge is 0.376 e. The fraction of sp³-hybridized carbons (Fsp3) is 0.875. The third-order valence-electron chi connectivity index (χ3n) is 4.48. The highest BCUT2D eigenvalue weighted by molar-refractivity contribution is 7.09. The molecule has 4 nitrogen and oxygen atoms in total. The van der Waals surface area contributed by atoms with Crippen molar-refractivity contribution >= 4 is 16.7 Å². The molecular weight excluding hydrogens is 282 g/mol. The molecule has 0 radical (unpaired) electrons. The third kappa shape index (κ3) is 3.95. The second kappa shape index (κ2) is 7.05. The maximum atomic E-state index is 5.85. The molecule has 0 amide bonds. The number of anilines is 1. The summed E-state index contributed by atoms with van der Waals surface area (Å²) >= 11 is 1.58. The van der Waals surface area contributed by atoms with E-state index in [2.05, 4.69) is 23.1 Å². The van der Waals surface area contributed by atoms with Gasteiger partial charge in [-0.3, -0.25) is 0 Å². The van der Waals surface area contributed by atoms with Crippen LogP contribution in [0.5, 0.6) is 0 Å². The van der Waals surface area contributed by atoms with Gasteiger partial charge in [0.15, 0.2) is 0 Å². The number of hydrogen-bond acceptors (Lipinski definition) is 5. The molecule has 1 aliphatic carbocycles. The lowest BCUT2D eigenvalue weighted by molar-refractivity contribution is 0.114. The normalized spacial score (nSPS) is 23.3. The van der Waals surface area contributed by atoms with E-state index in [0.29, 0.717) is 18.1 Å². The molecule has 1 atom stereocenters. The Morgan fingerprint density at radius 1 is 1.24 bits per heavy atom. The van der Waals surface area contributed by atoms with Crippen LogP contribution in [0.15, 0.2) is 0 Å². The van der Waals surface area contributed by atoms with Gasteiger partial charge in [0.1, 0.15) is 5.82 Å². The number of ether oxygens (including phenoxy) is 1. The predicted octanol–water partition coefficient (Wildman–Crippen LogP) is 3.66. The summed E-state index contributed by atoms with van der Waals surface area (Å²) in [5, 5.41) is 1.12. The Labute approximate surface area is 132 Å². The Kier molecular flexibility index (Phi) is 5.11. The molecule has 118 valence electrons. The number of hydrogen-bond donors (Lipinski definition) is 0. The molecule has 2 fully saturated rings. The summed E-state index contributed by atoms with van der Waals surface area (Å²) in [5.41, 5.74) is 0. The van der Waals surface area contributed by atoms with Crippen molar-refractivity contribution in [2.75, 3.05) is 18.1 Å². The van der Waals surface area contributed by atoms with Gasteiger partial charge in [0, 0.05) is 37.1 Å².